The summed E-state index contributed by atoms with van der Waals surface area (Å²) in [6.07, 6.45) is 31.4. The fourth-order valence-corrected chi connectivity index (χ4v) is 19.0. The van der Waals surface area contributed by atoms with E-state index in [-0.39, 0.29) is 122 Å². The minimum atomic E-state index is -0.974. The summed E-state index contributed by atoms with van der Waals surface area (Å²) in [4.78, 5) is 96.6. The number of esters is 8. The fourth-order valence-electron chi connectivity index (χ4n) is 19.0. The van der Waals surface area contributed by atoms with Gasteiger partial charge < -0.3 is 37.9 Å². The van der Waals surface area contributed by atoms with Gasteiger partial charge in [-0.2, -0.15) is 5.26 Å². The van der Waals surface area contributed by atoms with Crippen molar-refractivity contribution >= 4 is 47.8 Å². The van der Waals surface area contributed by atoms with Crippen molar-refractivity contribution in [2.75, 3.05) is 0 Å². The Hall–Kier alpha value is -4.75. The predicted molar refractivity (Wildman–Crippen MR) is 411 cm³/mol. The standard InChI is InChI=1S/C18H30O2.C15H19NO4.2C15H28O2.C14H20O4.C12H22O2/c1-5-17(3,4)16(19)20-18(6-2)14-8-12-7-13(10-14)11-15(18)9-12;1-4-14(2,3)12(17)19-10-8-5-9-11(10)20-13(18)15(9,6-8)7-16;2*1-6-14(2,3)13(16)17-15(4,5)12-10-8-7-9-11-12;1-4-14(2,3)13(16)18-10-7-5-8-9(6-7)12(15)17-11(8)10;1-5-11(2,3)10(13)14-12(4)8-6-7-9-12/h12-15H,5-11H2,1-4H3;8-11H,4-6H2,1-3H3;2*12H,6-11H2,1-5H3;7-11H,4-6H2,1-3H3;5-9H2,1-4H3. The van der Waals surface area contributed by atoms with Gasteiger partial charge in [0.15, 0.2) is 5.41 Å². The quantitative estimate of drug-likeness (QED) is 0.0767. The molecule has 17 heteroatoms. The molecule has 8 bridgehead atoms. The molecule has 2 saturated heterocycles. The number of carbonyl (C=O) groups excluding carboxylic acids is 8. The molecule has 0 amide bonds. The molecule has 0 aromatic heterocycles. The summed E-state index contributed by atoms with van der Waals surface area (Å²) in [5, 5.41) is 9.31. The van der Waals surface area contributed by atoms with Gasteiger partial charge in [-0.1, -0.05) is 87.0 Å². The Kier molecular flexibility index (Phi) is 28.8. The molecular weight excluding hydrogens is 1340 g/mol. The molecule has 13 rings (SSSR count). The van der Waals surface area contributed by atoms with Gasteiger partial charge in [-0.05, 0) is 307 Å². The van der Waals surface area contributed by atoms with Gasteiger partial charge >= 0.3 is 47.8 Å². The second kappa shape index (κ2) is 34.5. The highest BCUT2D eigenvalue weighted by molar-refractivity contribution is 5.85. The first kappa shape index (κ1) is 88.5. The molecule has 0 radical (unpaired) electrons. The van der Waals surface area contributed by atoms with E-state index in [4.69, 9.17) is 37.9 Å². The molecule has 0 aromatic rings. The number of nitriles is 1. The molecule has 10 unspecified atom stereocenters. The number of carbonyl (C=O) groups is 8. The summed E-state index contributed by atoms with van der Waals surface area (Å²) in [5.41, 5.74) is -4.24. The number of hydrogen-bond donors (Lipinski definition) is 0. The zero-order valence-electron chi connectivity index (χ0n) is 70.9. The maximum atomic E-state index is 12.6. The van der Waals surface area contributed by atoms with Crippen LogP contribution in [-0.2, 0) is 76.3 Å². The van der Waals surface area contributed by atoms with Crippen molar-refractivity contribution in [3.8, 4) is 6.07 Å². The van der Waals surface area contributed by atoms with E-state index in [0.717, 1.165) is 82.5 Å². The third-order valence-corrected chi connectivity index (χ3v) is 29.5. The summed E-state index contributed by atoms with van der Waals surface area (Å²) in [6, 6.07) is 2.15. The largest absolute Gasteiger partial charge is 0.459 e. The Balaban J connectivity index is 0.000000178. The number of rotatable bonds is 21. The van der Waals surface area contributed by atoms with Crippen LogP contribution in [0.3, 0.4) is 0 Å². The molecule has 106 heavy (non-hydrogen) atoms. The average Bonchev–Trinajstić information content (AvgIpc) is 1.50. The first-order valence-electron chi connectivity index (χ1n) is 42.4. The average molecular weight is 1490 g/mol. The lowest BCUT2D eigenvalue weighted by Crippen LogP contribution is -2.60. The van der Waals surface area contributed by atoms with Gasteiger partial charge in [0.2, 0.25) is 0 Å². The summed E-state index contributed by atoms with van der Waals surface area (Å²) in [6.45, 7) is 48.0. The summed E-state index contributed by atoms with van der Waals surface area (Å²) < 4.78 is 45.5. The predicted octanol–water partition coefficient (Wildman–Crippen LogP) is 20.2. The lowest BCUT2D eigenvalue weighted by atomic mass is 9.49. The summed E-state index contributed by atoms with van der Waals surface area (Å²) in [5.74, 6) is 3.86. The minimum absolute atomic E-state index is 0.0364. The molecule has 11 saturated carbocycles. The Morgan fingerprint density at radius 2 is 0.840 bits per heavy atom. The lowest BCUT2D eigenvalue weighted by molar-refractivity contribution is -0.218. The van der Waals surface area contributed by atoms with Crippen LogP contribution in [0, 0.1) is 114 Å². The topological polar surface area (TPSA) is 234 Å². The van der Waals surface area contributed by atoms with E-state index >= 15 is 0 Å². The molecule has 604 valence electrons. The van der Waals surface area contributed by atoms with Gasteiger partial charge in [0.05, 0.1) is 44.5 Å². The third-order valence-electron chi connectivity index (χ3n) is 29.5. The maximum Gasteiger partial charge on any atom is 0.327 e. The molecule has 2 aliphatic heterocycles. The third kappa shape index (κ3) is 19.6. The molecule has 2 heterocycles. The van der Waals surface area contributed by atoms with Crippen molar-refractivity contribution in [3.05, 3.63) is 0 Å². The second-order valence-corrected chi connectivity index (χ2v) is 40.0. The SMILES string of the molecule is CCC(C)(C)C(=O)OC(C)(C)C1CCCCC1.CCC(C)(C)C(=O)OC(C)(C)C1CCCCC1.CCC(C)(C)C(=O)OC1(C)CCCC1.CCC(C)(C)C(=O)OC1(CC)C2CC3CC(C2)CC1C3.CCC(C)(C)C(=O)OC1C2CC3C(=O)OC1C3C2.CCC(C)(C)C(=O)OC1C2CC3C1OC(=O)C3(C#N)C2. The van der Waals surface area contributed by atoms with Gasteiger partial charge in [-0.25, -0.2) is 0 Å². The van der Waals surface area contributed by atoms with Crippen LogP contribution >= 0.6 is 0 Å². The van der Waals surface area contributed by atoms with Crippen LogP contribution in [0.1, 0.15) is 359 Å². The van der Waals surface area contributed by atoms with Crippen molar-refractivity contribution in [1.29, 1.82) is 5.26 Å². The zero-order valence-corrected chi connectivity index (χ0v) is 70.9. The van der Waals surface area contributed by atoms with E-state index in [9.17, 15) is 43.6 Å². The van der Waals surface area contributed by atoms with E-state index < -0.39 is 28.3 Å². The molecular formula is C89H147NO16. The van der Waals surface area contributed by atoms with E-state index in [1.807, 2.05) is 118 Å². The van der Waals surface area contributed by atoms with Crippen molar-refractivity contribution < 1.29 is 76.3 Å². The summed E-state index contributed by atoms with van der Waals surface area (Å²) >= 11 is 0. The highest BCUT2D eigenvalue weighted by Crippen LogP contribution is 2.64. The first-order chi connectivity index (χ1) is 49.2. The normalized spacial score (nSPS) is 31.7. The number of fused-ring (bicyclic) bond motifs is 2. The Bertz CT molecular complexity index is 3000. The monoisotopic (exact) mass is 1490 g/mol. The number of hydrogen-bond acceptors (Lipinski definition) is 17. The molecule has 13 fully saturated rings. The minimum Gasteiger partial charge on any atom is -0.459 e. The lowest BCUT2D eigenvalue weighted by Gasteiger charge is -2.60. The van der Waals surface area contributed by atoms with Crippen molar-refractivity contribution in [1.82, 2.24) is 0 Å². The Morgan fingerprint density at radius 1 is 0.453 bits per heavy atom. The molecule has 17 nitrogen and oxygen atoms in total. The Labute approximate surface area is 640 Å². The van der Waals surface area contributed by atoms with Gasteiger partial charge in [0.1, 0.15) is 46.8 Å². The van der Waals surface area contributed by atoms with E-state index in [1.54, 1.807) is 0 Å². The molecule has 0 N–H and O–H groups in total. The molecule has 0 spiro atoms. The smallest absolute Gasteiger partial charge is 0.327 e. The van der Waals surface area contributed by atoms with Crippen molar-refractivity contribution in [2.24, 2.45) is 103 Å². The molecule has 0 aromatic carbocycles. The molecule has 11 aliphatic carbocycles. The highest BCUT2D eigenvalue weighted by Gasteiger charge is 2.73. The fraction of sp³-hybridized carbons (Fsp3) is 0.899. The van der Waals surface area contributed by atoms with Gasteiger partial charge in [-0.15, -0.1) is 0 Å². The van der Waals surface area contributed by atoms with E-state index in [2.05, 4.69) is 54.5 Å². The van der Waals surface area contributed by atoms with Gasteiger partial charge in [0, 0.05) is 23.7 Å². The highest BCUT2D eigenvalue weighted by atomic mass is 16.6. The van der Waals surface area contributed by atoms with Crippen LogP contribution in [-0.4, -0.2) is 94.6 Å². The second-order valence-electron chi connectivity index (χ2n) is 40.0. The van der Waals surface area contributed by atoms with Gasteiger partial charge in [-0.3, -0.25) is 38.4 Å². The van der Waals surface area contributed by atoms with Crippen LogP contribution in [0.5, 0.6) is 0 Å². The van der Waals surface area contributed by atoms with Crippen LogP contribution in [0.2, 0.25) is 0 Å². The van der Waals surface area contributed by atoms with E-state index in [0.29, 0.717) is 48.3 Å². The number of nitrogens with zero attached hydrogens (tertiary/aromatic N) is 1. The van der Waals surface area contributed by atoms with Crippen molar-refractivity contribution in [3.63, 3.8) is 0 Å². The molecule has 13 aliphatic rings. The zero-order chi connectivity index (χ0) is 79.4. The van der Waals surface area contributed by atoms with Gasteiger partial charge in [0.25, 0.3) is 0 Å². The van der Waals surface area contributed by atoms with Crippen molar-refractivity contribution in [2.45, 2.75) is 406 Å². The molecule has 10 atom stereocenters. The number of ether oxygens (including phenoxy) is 8. The van der Waals surface area contributed by atoms with Crippen LogP contribution in [0.25, 0.3) is 0 Å². The van der Waals surface area contributed by atoms with E-state index in [1.165, 1.54) is 109 Å². The van der Waals surface area contributed by atoms with Crippen LogP contribution < -0.4 is 0 Å². The Morgan fingerprint density at radius 3 is 1.24 bits per heavy atom. The maximum absolute atomic E-state index is 12.6. The van der Waals surface area contributed by atoms with Crippen LogP contribution in [0.4, 0.5) is 0 Å². The summed E-state index contributed by atoms with van der Waals surface area (Å²) in [7, 11) is 0. The first-order valence-corrected chi connectivity index (χ1v) is 42.4. The van der Waals surface area contributed by atoms with Crippen LogP contribution in [0.15, 0.2) is 0 Å².